The number of amides is 1. The van der Waals surface area contributed by atoms with Crippen LogP contribution in [0.5, 0.6) is 5.75 Å². The van der Waals surface area contributed by atoms with Gasteiger partial charge in [0.2, 0.25) is 0 Å². The molecule has 0 fully saturated rings. The van der Waals surface area contributed by atoms with E-state index in [2.05, 4.69) is 5.32 Å². The third kappa shape index (κ3) is 5.30. The third-order valence-corrected chi connectivity index (χ3v) is 5.11. The molecule has 6 heteroatoms. The number of aryl methyl sites for hydroxylation is 1. The fraction of sp³-hybridized carbons (Fsp3) is 0.111. The highest BCUT2D eigenvalue weighted by Gasteiger charge is 2.16. The molecular formula is C27H23NO5. The zero-order chi connectivity index (χ0) is 23.2. The van der Waals surface area contributed by atoms with Crippen molar-refractivity contribution in [3.8, 4) is 28.0 Å². The number of hydrogen-bond acceptors (Lipinski definition) is 5. The number of benzene rings is 3. The Morgan fingerprint density at radius 2 is 1.64 bits per heavy atom. The fourth-order valence-electron chi connectivity index (χ4n) is 3.47. The first-order valence-corrected chi connectivity index (χ1v) is 10.4. The highest BCUT2D eigenvalue weighted by Crippen LogP contribution is 2.27. The Hall–Kier alpha value is -4.32. The molecule has 1 N–H and O–H groups in total. The average molecular weight is 441 g/mol. The first-order chi connectivity index (χ1) is 16.0. The van der Waals surface area contributed by atoms with Crippen molar-refractivity contribution >= 4 is 17.6 Å². The molecule has 4 aromatic rings. The number of rotatable bonds is 7. The number of esters is 1. The summed E-state index contributed by atoms with van der Waals surface area (Å²) in [5, 5.41) is 2.75. The maximum Gasteiger partial charge on any atom is 0.339 e. The smallest absolute Gasteiger partial charge is 0.339 e. The number of methoxy groups -OCH3 is 1. The number of anilines is 1. The van der Waals surface area contributed by atoms with Crippen LogP contribution in [0, 0.1) is 6.92 Å². The van der Waals surface area contributed by atoms with Gasteiger partial charge < -0.3 is 19.2 Å². The van der Waals surface area contributed by atoms with Gasteiger partial charge in [-0.25, -0.2) is 4.79 Å². The Morgan fingerprint density at radius 1 is 0.879 bits per heavy atom. The van der Waals surface area contributed by atoms with Gasteiger partial charge in [-0.1, -0.05) is 48.0 Å². The Bertz CT molecular complexity index is 1280. The van der Waals surface area contributed by atoms with E-state index in [0.717, 1.165) is 27.8 Å². The predicted molar refractivity (Wildman–Crippen MR) is 126 cm³/mol. The first-order valence-electron chi connectivity index (χ1n) is 10.4. The monoisotopic (exact) mass is 441 g/mol. The largest absolute Gasteiger partial charge is 0.484 e. The van der Waals surface area contributed by atoms with Crippen molar-refractivity contribution in [2.75, 3.05) is 19.0 Å². The van der Waals surface area contributed by atoms with Crippen molar-refractivity contribution < 1.29 is 23.5 Å². The normalized spacial score (nSPS) is 10.5. The van der Waals surface area contributed by atoms with Gasteiger partial charge in [-0.2, -0.15) is 0 Å². The van der Waals surface area contributed by atoms with E-state index in [1.54, 1.807) is 30.7 Å². The Labute approximate surface area is 191 Å². The van der Waals surface area contributed by atoms with Gasteiger partial charge in [0.15, 0.2) is 6.61 Å². The zero-order valence-electron chi connectivity index (χ0n) is 18.3. The number of furan rings is 1. The minimum absolute atomic E-state index is 0.213. The van der Waals surface area contributed by atoms with Crippen LogP contribution in [0.4, 0.5) is 5.69 Å². The molecule has 4 rings (SSSR count). The van der Waals surface area contributed by atoms with Crippen molar-refractivity contribution in [1.82, 2.24) is 0 Å². The van der Waals surface area contributed by atoms with E-state index >= 15 is 0 Å². The Kier molecular flexibility index (Phi) is 6.55. The van der Waals surface area contributed by atoms with Crippen LogP contribution >= 0.6 is 0 Å². The van der Waals surface area contributed by atoms with E-state index in [1.807, 2.05) is 61.5 Å². The summed E-state index contributed by atoms with van der Waals surface area (Å²) >= 11 is 0. The number of ether oxygens (including phenoxy) is 2. The molecule has 0 radical (unpaired) electrons. The van der Waals surface area contributed by atoms with Crippen LogP contribution < -0.4 is 10.1 Å². The fourth-order valence-corrected chi connectivity index (χ4v) is 3.47. The van der Waals surface area contributed by atoms with Crippen molar-refractivity contribution in [3.63, 3.8) is 0 Å². The van der Waals surface area contributed by atoms with Crippen molar-refractivity contribution in [3.05, 3.63) is 96.4 Å². The quantitative estimate of drug-likeness (QED) is 0.371. The standard InChI is InChI=1S/C27H23NO5/c1-18-5-3-6-19(13-18)21-9-10-25(24(15-21)27(30)31-2)28-26(29)17-33-23-8-4-7-20(14-23)22-11-12-32-16-22/h3-16H,17H2,1-2H3,(H,28,29). The first kappa shape index (κ1) is 21.9. The molecule has 0 saturated carbocycles. The molecule has 0 aliphatic rings. The molecule has 0 aliphatic heterocycles. The Balaban J connectivity index is 1.48. The maximum absolute atomic E-state index is 12.6. The Morgan fingerprint density at radius 3 is 2.36 bits per heavy atom. The van der Waals surface area contributed by atoms with Crippen molar-refractivity contribution in [2.24, 2.45) is 0 Å². The molecule has 6 nitrogen and oxygen atoms in total. The summed E-state index contributed by atoms with van der Waals surface area (Å²) in [5.41, 5.74) is 5.40. The van der Waals surface area contributed by atoms with Gasteiger partial charge in [0.25, 0.3) is 5.91 Å². The van der Waals surface area contributed by atoms with Gasteiger partial charge in [0, 0.05) is 5.56 Å². The highest BCUT2D eigenvalue weighted by molar-refractivity contribution is 6.02. The topological polar surface area (TPSA) is 77.8 Å². The molecule has 0 unspecified atom stereocenters. The van der Waals surface area contributed by atoms with E-state index in [4.69, 9.17) is 13.9 Å². The van der Waals surface area contributed by atoms with Gasteiger partial charge in [-0.3, -0.25) is 4.79 Å². The molecule has 0 aliphatic carbocycles. The van der Waals surface area contributed by atoms with E-state index in [0.29, 0.717) is 11.4 Å². The molecule has 0 atom stereocenters. The van der Waals surface area contributed by atoms with E-state index in [-0.39, 0.29) is 12.2 Å². The van der Waals surface area contributed by atoms with E-state index in [1.165, 1.54) is 7.11 Å². The summed E-state index contributed by atoms with van der Waals surface area (Å²) in [6.07, 6.45) is 3.24. The number of carbonyl (C=O) groups is 2. The van der Waals surface area contributed by atoms with Crippen molar-refractivity contribution in [1.29, 1.82) is 0 Å². The van der Waals surface area contributed by atoms with Crippen LogP contribution in [0.25, 0.3) is 22.3 Å². The SMILES string of the molecule is COC(=O)c1cc(-c2cccc(C)c2)ccc1NC(=O)COc1cccc(-c2ccoc2)c1. The number of carbonyl (C=O) groups excluding carboxylic acids is 2. The summed E-state index contributed by atoms with van der Waals surface area (Å²) in [7, 11) is 1.31. The second-order valence-electron chi connectivity index (χ2n) is 7.50. The van der Waals surface area contributed by atoms with Gasteiger partial charge in [0.05, 0.1) is 30.9 Å². The lowest BCUT2D eigenvalue weighted by molar-refractivity contribution is -0.118. The van der Waals surface area contributed by atoms with Gasteiger partial charge >= 0.3 is 5.97 Å². The predicted octanol–water partition coefficient (Wildman–Crippen LogP) is 5.73. The zero-order valence-corrected chi connectivity index (χ0v) is 18.3. The van der Waals surface area contributed by atoms with Crippen LogP contribution in [-0.4, -0.2) is 25.6 Å². The molecule has 33 heavy (non-hydrogen) atoms. The van der Waals surface area contributed by atoms with E-state index < -0.39 is 11.9 Å². The molecule has 3 aromatic carbocycles. The second-order valence-corrected chi connectivity index (χ2v) is 7.50. The lowest BCUT2D eigenvalue weighted by Crippen LogP contribution is -2.21. The van der Waals surface area contributed by atoms with Crippen LogP contribution in [0.15, 0.2) is 89.7 Å². The summed E-state index contributed by atoms with van der Waals surface area (Å²) in [5.74, 6) is -0.377. The number of nitrogens with one attached hydrogen (secondary N) is 1. The third-order valence-electron chi connectivity index (χ3n) is 5.11. The van der Waals surface area contributed by atoms with E-state index in [9.17, 15) is 9.59 Å². The molecule has 0 saturated heterocycles. The minimum atomic E-state index is -0.534. The lowest BCUT2D eigenvalue weighted by atomic mass is 10.0. The van der Waals surface area contributed by atoms with Crippen LogP contribution in [-0.2, 0) is 9.53 Å². The minimum Gasteiger partial charge on any atom is -0.484 e. The van der Waals surface area contributed by atoms with Crippen LogP contribution in [0.3, 0.4) is 0 Å². The second kappa shape index (κ2) is 9.87. The van der Waals surface area contributed by atoms with Gasteiger partial charge in [-0.15, -0.1) is 0 Å². The van der Waals surface area contributed by atoms with Gasteiger partial charge in [-0.05, 0) is 53.9 Å². The maximum atomic E-state index is 12.6. The number of hydrogen-bond donors (Lipinski definition) is 1. The molecular weight excluding hydrogens is 418 g/mol. The molecule has 166 valence electrons. The van der Waals surface area contributed by atoms with Gasteiger partial charge in [0.1, 0.15) is 5.75 Å². The highest BCUT2D eigenvalue weighted by atomic mass is 16.5. The summed E-state index contributed by atoms with van der Waals surface area (Å²) in [6.45, 7) is 1.79. The summed E-state index contributed by atoms with van der Waals surface area (Å²) in [6, 6.07) is 22.4. The molecule has 1 amide bonds. The molecule has 1 aromatic heterocycles. The van der Waals surface area contributed by atoms with Crippen LogP contribution in [0.1, 0.15) is 15.9 Å². The molecule has 1 heterocycles. The van der Waals surface area contributed by atoms with Crippen LogP contribution in [0.2, 0.25) is 0 Å². The lowest BCUT2D eigenvalue weighted by Gasteiger charge is -2.13. The summed E-state index contributed by atoms with van der Waals surface area (Å²) < 4.78 is 15.7. The molecule has 0 bridgehead atoms. The molecule has 0 spiro atoms. The average Bonchev–Trinajstić information content (AvgIpc) is 3.38. The van der Waals surface area contributed by atoms with Crippen molar-refractivity contribution in [2.45, 2.75) is 6.92 Å². The summed E-state index contributed by atoms with van der Waals surface area (Å²) in [4.78, 5) is 24.9.